The Morgan fingerprint density at radius 1 is 1.26 bits per heavy atom. The lowest BCUT2D eigenvalue weighted by molar-refractivity contribution is 0.0949. The highest BCUT2D eigenvalue weighted by Crippen LogP contribution is 2.30. The number of thiophene rings is 1. The Labute approximate surface area is 143 Å². The van der Waals surface area contributed by atoms with Crippen molar-refractivity contribution in [1.82, 2.24) is 10.3 Å². The molecule has 2 N–H and O–H groups in total. The number of sulfonamides is 1. The van der Waals surface area contributed by atoms with E-state index in [-0.39, 0.29) is 4.90 Å². The van der Waals surface area contributed by atoms with Crippen LogP contribution >= 0.6 is 22.9 Å². The molecule has 0 atom stereocenters. The molecule has 1 aliphatic rings. The number of aryl methyl sites for hydroxylation is 3. The molecule has 0 spiro atoms. The zero-order valence-electron chi connectivity index (χ0n) is 12.3. The molecule has 0 bridgehead atoms. The van der Waals surface area contributed by atoms with Crippen molar-refractivity contribution in [2.45, 2.75) is 31.1 Å². The van der Waals surface area contributed by atoms with Gasteiger partial charge in [0, 0.05) is 9.90 Å². The predicted molar refractivity (Wildman–Crippen MR) is 90.3 cm³/mol. The minimum atomic E-state index is -3.87. The van der Waals surface area contributed by atoms with Gasteiger partial charge in [-0.3, -0.25) is 10.2 Å². The molecule has 23 heavy (non-hydrogen) atoms. The van der Waals surface area contributed by atoms with E-state index >= 15 is 0 Å². The SMILES string of the molecule is Cc1ccc(Cl)cc1S(=O)(=O)NNC(=O)c1cc2c(s1)CCC2. The third-order valence-corrected chi connectivity index (χ3v) is 6.57. The van der Waals surface area contributed by atoms with Crippen molar-refractivity contribution in [1.29, 1.82) is 0 Å². The molecule has 1 aliphatic carbocycles. The molecule has 3 rings (SSSR count). The van der Waals surface area contributed by atoms with Crippen molar-refractivity contribution >= 4 is 38.9 Å². The molecule has 0 saturated heterocycles. The number of amides is 1. The van der Waals surface area contributed by atoms with E-state index in [1.807, 2.05) is 6.07 Å². The highest BCUT2D eigenvalue weighted by atomic mass is 35.5. The van der Waals surface area contributed by atoms with Gasteiger partial charge in [0.05, 0.1) is 9.77 Å². The number of carbonyl (C=O) groups excluding carboxylic acids is 1. The number of carbonyl (C=O) groups is 1. The van der Waals surface area contributed by atoms with Crippen LogP contribution in [0.25, 0.3) is 0 Å². The number of nitrogens with one attached hydrogen (secondary N) is 2. The van der Waals surface area contributed by atoms with E-state index in [9.17, 15) is 13.2 Å². The van der Waals surface area contributed by atoms with E-state index in [4.69, 9.17) is 11.6 Å². The zero-order valence-corrected chi connectivity index (χ0v) is 14.7. The molecular formula is C15H15ClN2O3S2. The summed E-state index contributed by atoms with van der Waals surface area (Å²) in [6, 6.07) is 6.41. The lowest BCUT2D eigenvalue weighted by atomic mass is 10.2. The summed E-state index contributed by atoms with van der Waals surface area (Å²) in [4.78, 5) is 16.0. The molecule has 1 aromatic heterocycles. The van der Waals surface area contributed by atoms with E-state index in [0.717, 1.165) is 19.3 Å². The first-order valence-electron chi connectivity index (χ1n) is 7.07. The van der Waals surface area contributed by atoms with E-state index in [1.165, 1.54) is 27.8 Å². The fourth-order valence-electron chi connectivity index (χ4n) is 2.53. The average Bonchev–Trinajstić information content (AvgIpc) is 3.08. The second-order valence-electron chi connectivity index (χ2n) is 5.38. The summed E-state index contributed by atoms with van der Waals surface area (Å²) >= 11 is 7.26. The molecule has 122 valence electrons. The summed E-state index contributed by atoms with van der Waals surface area (Å²) < 4.78 is 24.6. The average molecular weight is 371 g/mol. The topological polar surface area (TPSA) is 75.3 Å². The van der Waals surface area contributed by atoms with Gasteiger partial charge in [0.2, 0.25) is 0 Å². The molecule has 0 aliphatic heterocycles. The summed E-state index contributed by atoms with van der Waals surface area (Å²) in [5.74, 6) is -0.451. The molecule has 0 saturated carbocycles. The normalized spacial score (nSPS) is 13.8. The first-order valence-corrected chi connectivity index (χ1v) is 9.74. The molecule has 1 amide bonds. The van der Waals surface area contributed by atoms with Gasteiger partial charge in [-0.25, -0.2) is 8.42 Å². The summed E-state index contributed by atoms with van der Waals surface area (Å²) in [6.45, 7) is 1.66. The van der Waals surface area contributed by atoms with Gasteiger partial charge in [-0.15, -0.1) is 16.2 Å². The maximum Gasteiger partial charge on any atom is 0.276 e. The summed E-state index contributed by atoms with van der Waals surface area (Å²) in [6.07, 6.45) is 3.08. The van der Waals surface area contributed by atoms with Gasteiger partial charge in [0.15, 0.2) is 0 Å². The van der Waals surface area contributed by atoms with Crippen LogP contribution < -0.4 is 10.3 Å². The van der Waals surface area contributed by atoms with Crippen LogP contribution in [-0.2, 0) is 22.9 Å². The highest BCUT2D eigenvalue weighted by Gasteiger charge is 2.21. The number of hydrogen-bond donors (Lipinski definition) is 2. The fourth-order valence-corrected chi connectivity index (χ4v) is 5.03. The first-order chi connectivity index (χ1) is 10.9. The standard InChI is InChI=1S/C15H15ClN2O3S2/c1-9-5-6-11(16)8-14(9)23(20,21)18-17-15(19)13-7-10-3-2-4-12(10)22-13/h5-8,18H,2-4H2,1H3,(H,17,19). The Balaban J connectivity index is 1.73. The van der Waals surface area contributed by atoms with Gasteiger partial charge < -0.3 is 0 Å². The third kappa shape index (κ3) is 3.42. The molecule has 1 heterocycles. The number of hydrazine groups is 1. The van der Waals surface area contributed by atoms with Crippen LogP contribution in [-0.4, -0.2) is 14.3 Å². The maximum absolute atomic E-state index is 12.3. The number of halogens is 1. The Hall–Kier alpha value is -1.41. The molecule has 5 nitrogen and oxygen atoms in total. The number of hydrogen-bond acceptors (Lipinski definition) is 4. The molecule has 2 aromatic rings. The lowest BCUT2D eigenvalue weighted by Crippen LogP contribution is -2.41. The second kappa shape index (κ2) is 6.24. The maximum atomic E-state index is 12.3. The number of rotatable bonds is 4. The first kappa shape index (κ1) is 16.4. The summed E-state index contributed by atoms with van der Waals surface area (Å²) in [5.41, 5.74) is 4.00. The van der Waals surface area contributed by atoms with Crippen molar-refractivity contribution in [3.05, 3.63) is 50.2 Å². The van der Waals surface area contributed by atoms with E-state index in [1.54, 1.807) is 19.1 Å². The monoisotopic (exact) mass is 370 g/mol. The Bertz CT molecular complexity index is 853. The fraction of sp³-hybridized carbons (Fsp3) is 0.267. The van der Waals surface area contributed by atoms with E-state index in [2.05, 4.69) is 10.3 Å². The van der Waals surface area contributed by atoms with Crippen LogP contribution in [0.3, 0.4) is 0 Å². The zero-order chi connectivity index (χ0) is 16.6. The van der Waals surface area contributed by atoms with Gasteiger partial charge in [0.25, 0.3) is 15.9 Å². The molecule has 0 fully saturated rings. The predicted octanol–water partition coefficient (Wildman–Crippen LogP) is 2.82. The van der Waals surface area contributed by atoms with Crippen LogP contribution in [0.1, 0.15) is 32.1 Å². The van der Waals surface area contributed by atoms with Gasteiger partial charge >= 0.3 is 0 Å². The van der Waals surface area contributed by atoms with Crippen LogP contribution in [0.2, 0.25) is 5.02 Å². The smallest absolute Gasteiger partial charge is 0.273 e. The van der Waals surface area contributed by atoms with Crippen molar-refractivity contribution < 1.29 is 13.2 Å². The minimum absolute atomic E-state index is 0.0407. The Morgan fingerprint density at radius 2 is 2.04 bits per heavy atom. The van der Waals surface area contributed by atoms with Gasteiger partial charge in [-0.05, 0) is 55.5 Å². The Kier molecular flexibility index (Phi) is 4.46. The summed E-state index contributed by atoms with van der Waals surface area (Å²) in [5, 5.41) is 0.317. The molecule has 0 radical (unpaired) electrons. The van der Waals surface area contributed by atoms with Crippen LogP contribution in [0.4, 0.5) is 0 Å². The van der Waals surface area contributed by atoms with Gasteiger partial charge in [-0.2, -0.15) is 0 Å². The van der Waals surface area contributed by atoms with E-state index < -0.39 is 15.9 Å². The molecular weight excluding hydrogens is 356 g/mol. The molecule has 0 unspecified atom stereocenters. The van der Waals surface area contributed by atoms with Crippen LogP contribution in [0.15, 0.2) is 29.2 Å². The van der Waals surface area contributed by atoms with Crippen LogP contribution in [0, 0.1) is 6.92 Å². The lowest BCUT2D eigenvalue weighted by Gasteiger charge is -2.10. The molecule has 1 aromatic carbocycles. The number of benzene rings is 1. The van der Waals surface area contributed by atoms with Crippen molar-refractivity contribution in [2.24, 2.45) is 0 Å². The molecule has 8 heteroatoms. The van der Waals surface area contributed by atoms with Crippen molar-refractivity contribution in [3.8, 4) is 0 Å². The largest absolute Gasteiger partial charge is 0.276 e. The van der Waals surface area contributed by atoms with Gasteiger partial charge in [-0.1, -0.05) is 17.7 Å². The van der Waals surface area contributed by atoms with Crippen LogP contribution in [0.5, 0.6) is 0 Å². The van der Waals surface area contributed by atoms with E-state index in [0.29, 0.717) is 15.5 Å². The van der Waals surface area contributed by atoms with Crippen molar-refractivity contribution in [2.75, 3.05) is 0 Å². The minimum Gasteiger partial charge on any atom is -0.273 e. The number of fused-ring (bicyclic) bond motifs is 1. The Morgan fingerprint density at radius 3 is 2.78 bits per heavy atom. The van der Waals surface area contributed by atoms with Crippen molar-refractivity contribution in [3.63, 3.8) is 0 Å². The second-order valence-corrected chi connectivity index (χ2v) is 8.61. The third-order valence-electron chi connectivity index (χ3n) is 3.71. The highest BCUT2D eigenvalue weighted by molar-refractivity contribution is 7.89. The summed E-state index contributed by atoms with van der Waals surface area (Å²) in [7, 11) is -3.87. The van der Waals surface area contributed by atoms with Gasteiger partial charge in [0.1, 0.15) is 0 Å². The quantitative estimate of drug-likeness (QED) is 0.812.